The highest BCUT2D eigenvalue weighted by atomic mass is 16.7. The van der Waals surface area contributed by atoms with Gasteiger partial charge < -0.3 is 24.4 Å². The SMILES string of the molecule is CCCCCCCCCCCCCCCCCCCCCCCC(=O)O[C@H]1[C@H](O[C@H]2CC[C@@]3(C)C(=CC[C@H]4[C@@H]5CC[C@H]([C@H](C)C=C[C@@H](CC)C(C)C)[C@@]5(C)CC[C@@H]43)C2)OC[C@@H](O)[C@@H]1O. The lowest BCUT2D eigenvalue weighted by atomic mass is 9.47. The van der Waals surface area contributed by atoms with Gasteiger partial charge in [-0.1, -0.05) is 201 Å². The van der Waals surface area contributed by atoms with Crippen LogP contribution >= 0.6 is 0 Å². The number of hydrogen-bond acceptors (Lipinski definition) is 6. The molecule has 1 aliphatic heterocycles. The molecule has 5 rings (SSSR count). The Morgan fingerprint density at radius 1 is 0.750 bits per heavy atom. The van der Waals surface area contributed by atoms with Gasteiger partial charge in [-0.3, -0.25) is 4.79 Å². The van der Waals surface area contributed by atoms with Crippen molar-refractivity contribution >= 4 is 5.97 Å². The molecule has 0 unspecified atom stereocenters. The van der Waals surface area contributed by atoms with Crippen molar-refractivity contribution in [2.75, 3.05) is 6.61 Å². The average molecular weight is 895 g/mol. The minimum Gasteiger partial charge on any atom is -0.454 e. The Morgan fingerprint density at radius 2 is 1.33 bits per heavy atom. The number of rotatable bonds is 30. The summed E-state index contributed by atoms with van der Waals surface area (Å²) in [6, 6.07) is 0. The van der Waals surface area contributed by atoms with Crippen molar-refractivity contribution in [1.82, 2.24) is 0 Å². The number of fused-ring (bicyclic) bond motifs is 5. The molecule has 4 fully saturated rings. The van der Waals surface area contributed by atoms with Gasteiger partial charge in [-0.15, -0.1) is 0 Å². The summed E-state index contributed by atoms with van der Waals surface area (Å²) in [5.41, 5.74) is 2.16. The third kappa shape index (κ3) is 15.1. The molecule has 1 heterocycles. The molecule has 1 saturated heterocycles. The maximum absolute atomic E-state index is 13.1. The van der Waals surface area contributed by atoms with E-state index >= 15 is 0 Å². The largest absolute Gasteiger partial charge is 0.454 e. The van der Waals surface area contributed by atoms with Crippen LogP contribution in [0.5, 0.6) is 0 Å². The van der Waals surface area contributed by atoms with E-state index in [1.54, 1.807) is 5.57 Å². The zero-order valence-electron chi connectivity index (χ0n) is 42.8. The third-order valence-corrected chi connectivity index (χ3v) is 18.3. The number of esters is 1. The Balaban J connectivity index is 0.963. The van der Waals surface area contributed by atoms with E-state index in [1.807, 2.05) is 0 Å². The summed E-state index contributed by atoms with van der Waals surface area (Å²) in [5.74, 6) is 4.73. The van der Waals surface area contributed by atoms with E-state index in [1.165, 1.54) is 154 Å². The van der Waals surface area contributed by atoms with E-state index in [-0.39, 0.29) is 24.1 Å². The molecular formula is C58H102O6. The first-order chi connectivity index (χ1) is 30.9. The van der Waals surface area contributed by atoms with Crippen LogP contribution < -0.4 is 0 Å². The van der Waals surface area contributed by atoms with Crippen molar-refractivity contribution in [2.24, 2.45) is 52.3 Å². The van der Waals surface area contributed by atoms with Gasteiger partial charge in [-0.25, -0.2) is 0 Å². The molecule has 6 nitrogen and oxygen atoms in total. The molecule has 0 spiro atoms. The summed E-state index contributed by atoms with van der Waals surface area (Å²) in [4.78, 5) is 13.1. The number of carbonyl (C=O) groups is 1. The number of unbranched alkanes of at least 4 members (excludes halogenated alkanes) is 20. The number of aliphatic hydroxyl groups excluding tert-OH is 2. The standard InChI is InChI=1S/C58H102O6/c1-8-10-11-12-13-14-15-16-17-18-19-20-21-22-23-24-25-26-27-28-29-30-53(60)64-55-54(61)52(59)42-62-56(55)63-47-37-39-57(6)46(41-47)33-34-48-50-36-35-49(58(50,7)40-38-51(48)57)44(5)31-32-45(9-2)43(3)4/h31-33,43-45,47-52,54-56,59,61H,8-30,34-42H2,1-7H3/t44-,45-,47+,48+,49-,50+,51+,52-,54+,55-,56+,57+,58-/m1/s1. The van der Waals surface area contributed by atoms with Crippen molar-refractivity contribution in [1.29, 1.82) is 0 Å². The Morgan fingerprint density at radius 3 is 1.89 bits per heavy atom. The lowest BCUT2D eigenvalue weighted by Crippen LogP contribution is -2.56. The van der Waals surface area contributed by atoms with Crippen molar-refractivity contribution in [3.63, 3.8) is 0 Å². The number of hydrogen-bond donors (Lipinski definition) is 2. The molecule has 370 valence electrons. The second-order valence-corrected chi connectivity index (χ2v) is 23.1. The Labute approximate surface area is 394 Å². The molecule has 2 N–H and O–H groups in total. The lowest BCUT2D eigenvalue weighted by molar-refractivity contribution is -0.289. The molecule has 0 amide bonds. The van der Waals surface area contributed by atoms with E-state index in [0.717, 1.165) is 62.2 Å². The predicted molar refractivity (Wildman–Crippen MR) is 266 cm³/mol. The summed E-state index contributed by atoms with van der Waals surface area (Å²) in [6.45, 7) is 17.0. The fraction of sp³-hybridized carbons (Fsp3) is 0.914. The molecular weight excluding hydrogens is 793 g/mol. The van der Waals surface area contributed by atoms with E-state index in [9.17, 15) is 15.0 Å². The molecule has 64 heavy (non-hydrogen) atoms. The fourth-order valence-electron chi connectivity index (χ4n) is 14.0. The highest BCUT2D eigenvalue weighted by molar-refractivity contribution is 5.69. The Hall–Kier alpha value is -1.21. The minimum atomic E-state index is -1.22. The summed E-state index contributed by atoms with van der Waals surface area (Å²) in [7, 11) is 0. The molecule has 3 saturated carbocycles. The summed E-state index contributed by atoms with van der Waals surface area (Å²) < 4.78 is 18.5. The van der Waals surface area contributed by atoms with Crippen LogP contribution in [0.2, 0.25) is 0 Å². The van der Waals surface area contributed by atoms with Gasteiger partial charge in [-0.2, -0.15) is 0 Å². The second kappa shape index (κ2) is 27.7. The van der Waals surface area contributed by atoms with E-state index in [2.05, 4.69) is 66.7 Å². The van der Waals surface area contributed by atoms with E-state index in [4.69, 9.17) is 14.2 Å². The first-order valence-electron chi connectivity index (χ1n) is 28.1. The van der Waals surface area contributed by atoms with Gasteiger partial charge in [-0.05, 0) is 116 Å². The van der Waals surface area contributed by atoms with Crippen LogP contribution in [0.1, 0.15) is 248 Å². The molecule has 0 aromatic heterocycles. The van der Waals surface area contributed by atoms with Crippen LogP contribution in [-0.2, 0) is 19.0 Å². The highest BCUT2D eigenvalue weighted by Gasteiger charge is 2.59. The third-order valence-electron chi connectivity index (χ3n) is 18.3. The van der Waals surface area contributed by atoms with Crippen LogP contribution in [0, 0.1) is 52.3 Å². The second-order valence-electron chi connectivity index (χ2n) is 23.1. The van der Waals surface area contributed by atoms with Gasteiger partial charge >= 0.3 is 5.97 Å². The van der Waals surface area contributed by atoms with Gasteiger partial charge in [0.05, 0.1) is 12.7 Å². The maximum Gasteiger partial charge on any atom is 0.306 e. The predicted octanol–water partition coefficient (Wildman–Crippen LogP) is 15.4. The molecule has 0 bridgehead atoms. The lowest BCUT2D eigenvalue weighted by Gasteiger charge is -2.58. The van der Waals surface area contributed by atoms with Crippen molar-refractivity contribution < 1.29 is 29.2 Å². The monoisotopic (exact) mass is 895 g/mol. The molecule has 6 heteroatoms. The van der Waals surface area contributed by atoms with Gasteiger partial charge in [0.2, 0.25) is 0 Å². The Bertz CT molecular complexity index is 1370. The zero-order chi connectivity index (χ0) is 46.0. The molecule has 4 aliphatic carbocycles. The van der Waals surface area contributed by atoms with Crippen molar-refractivity contribution in [2.45, 2.75) is 278 Å². The average Bonchev–Trinajstić information content (AvgIpc) is 3.64. The minimum absolute atomic E-state index is 0.0252. The smallest absolute Gasteiger partial charge is 0.306 e. The summed E-state index contributed by atoms with van der Waals surface area (Å²) in [5, 5.41) is 21.5. The molecule has 0 aromatic rings. The quantitative estimate of drug-likeness (QED) is 0.0424. The summed E-state index contributed by atoms with van der Waals surface area (Å²) in [6.07, 6.45) is 42.3. The summed E-state index contributed by atoms with van der Waals surface area (Å²) >= 11 is 0. The number of aliphatic hydroxyl groups is 2. The first-order valence-corrected chi connectivity index (χ1v) is 28.1. The highest BCUT2D eigenvalue weighted by Crippen LogP contribution is 2.67. The number of ether oxygens (including phenoxy) is 3. The van der Waals surface area contributed by atoms with Gasteiger partial charge in [0.1, 0.15) is 12.2 Å². The van der Waals surface area contributed by atoms with Crippen LogP contribution in [0.3, 0.4) is 0 Å². The van der Waals surface area contributed by atoms with Crippen LogP contribution in [-0.4, -0.2) is 53.5 Å². The molecule has 13 atom stereocenters. The van der Waals surface area contributed by atoms with Gasteiger partial charge in [0.15, 0.2) is 12.4 Å². The van der Waals surface area contributed by atoms with Crippen LogP contribution in [0.4, 0.5) is 0 Å². The molecule has 0 radical (unpaired) electrons. The Kier molecular flexibility index (Phi) is 23.3. The number of allylic oxidation sites excluding steroid dienone is 3. The van der Waals surface area contributed by atoms with Gasteiger partial charge in [0, 0.05) is 6.42 Å². The van der Waals surface area contributed by atoms with E-state index < -0.39 is 24.6 Å². The fourth-order valence-corrected chi connectivity index (χ4v) is 14.0. The normalized spacial score (nSPS) is 33.7. The molecule has 0 aromatic carbocycles. The van der Waals surface area contributed by atoms with Crippen LogP contribution in [0.15, 0.2) is 23.8 Å². The van der Waals surface area contributed by atoms with E-state index in [0.29, 0.717) is 29.6 Å². The van der Waals surface area contributed by atoms with Crippen molar-refractivity contribution in [3.05, 3.63) is 23.8 Å². The number of carbonyl (C=O) groups excluding carboxylic acids is 1. The first kappa shape index (κ1) is 53.7. The molecule has 5 aliphatic rings. The van der Waals surface area contributed by atoms with Crippen molar-refractivity contribution in [3.8, 4) is 0 Å². The zero-order valence-corrected chi connectivity index (χ0v) is 42.8. The van der Waals surface area contributed by atoms with Gasteiger partial charge in [0.25, 0.3) is 0 Å². The maximum atomic E-state index is 13.1. The van der Waals surface area contributed by atoms with Crippen LogP contribution in [0.25, 0.3) is 0 Å². The topological polar surface area (TPSA) is 85.2 Å².